The summed E-state index contributed by atoms with van der Waals surface area (Å²) in [6, 6.07) is 6.14. The number of carbonyl (C=O) groups is 1. The SMILES string of the molecule is CCCC(CN)CC(=O)Nc1ccccc1F. The van der Waals surface area contributed by atoms with Crippen molar-refractivity contribution in [2.75, 3.05) is 11.9 Å². The number of para-hydroxylation sites is 1. The Bertz CT molecular complexity index is 368. The molecule has 0 heterocycles. The lowest BCUT2D eigenvalue weighted by Crippen LogP contribution is -2.22. The molecule has 0 fully saturated rings. The molecule has 0 aromatic heterocycles. The zero-order valence-electron chi connectivity index (χ0n) is 10.1. The van der Waals surface area contributed by atoms with Gasteiger partial charge in [-0.25, -0.2) is 4.39 Å². The van der Waals surface area contributed by atoms with E-state index in [9.17, 15) is 9.18 Å². The molecule has 17 heavy (non-hydrogen) atoms. The maximum atomic E-state index is 13.3. The van der Waals surface area contributed by atoms with Gasteiger partial charge in [0.05, 0.1) is 5.69 Å². The van der Waals surface area contributed by atoms with E-state index in [1.54, 1.807) is 18.2 Å². The van der Waals surface area contributed by atoms with Crippen LogP contribution in [-0.2, 0) is 4.79 Å². The van der Waals surface area contributed by atoms with E-state index in [2.05, 4.69) is 12.2 Å². The number of hydrogen-bond acceptors (Lipinski definition) is 2. The zero-order valence-corrected chi connectivity index (χ0v) is 10.1. The van der Waals surface area contributed by atoms with E-state index in [-0.39, 0.29) is 17.5 Å². The summed E-state index contributed by atoms with van der Waals surface area (Å²) in [5.41, 5.74) is 5.80. The fraction of sp³-hybridized carbons (Fsp3) is 0.462. The highest BCUT2D eigenvalue weighted by Gasteiger charge is 2.12. The van der Waals surface area contributed by atoms with Crippen LogP contribution in [0.15, 0.2) is 24.3 Å². The van der Waals surface area contributed by atoms with Crippen molar-refractivity contribution in [1.29, 1.82) is 0 Å². The quantitative estimate of drug-likeness (QED) is 0.800. The summed E-state index contributed by atoms with van der Waals surface area (Å²) in [6.07, 6.45) is 2.26. The third-order valence-corrected chi connectivity index (χ3v) is 2.65. The Kier molecular flexibility index (Phi) is 5.63. The van der Waals surface area contributed by atoms with Crippen LogP contribution in [0.5, 0.6) is 0 Å². The minimum atomic E-state index is -0.416. The molecule has 0 bridgehead atoms. The molecule has 94 valence electrons. The first-order valence-corrected chi connectivity index (χ1v) is 5.91. The molecule has 1 amide bonds. The predicted molar refractivity (Wildman–Crippen MR) is 67.1 cm³/mol. The second-order valence-electron chi connectivity index (χ2n) is 4.12. The monoisotopic (exact) mass is 238 g/mol. The van der Waals surface area contributed by atoms with Gasteiger partial charge in [0.25, 0.3) is 0 Å². The standard InChI is InChI=1S/C13H19FN2O/c1-2-5-10(9-15)8-13(17)16-12-7-4-3-6-11(12)14/h3-4,6-7,10H,2,5,8-9,15H2,1H3,(H,16,17). The highest BCUT2D eigenvalue weighted by atomic mass is 19.1. The highest BCUT2D eigenvalue weighted by molar-refractivity contribution is 5.90. The third kappa shape index (κ3) is 4.53. The number of carbonyl (C=O) groups excluding carboxylic acids is 1. The van der Waals surface area contributed by atoms with Gasteiger partial charge in [0.15, 0.2) is 0 Å². The van der Waals surface area contributed by atoms with Crippen molar-refractivity contribution in [2.24, 2.45) is 11.7 Å². The molecule has 1 aromatic carbocycles. The molecule has 0 saturated heterocycles. The number of amides is 1. The van der Waals surface area contributed by atoms with Crippen LogP contribution in [0.1, 0.15) is 26.2 Å². The molecule has 1 aromatic rings. The number of nitrogens with one attached hydrogen (secondary N) is 1. The van der Waals surface area contributed by atoms with Crippen LogP contribution in [0, 0.1) is 11.7 Å². The maximum absolute atomic E-state index is 13.3. The third-order valence-electron chi connectivity index (χ3n) is 2.65. The second kappa shape index (κ2) is 7.01. The number of rotatable bonds is 6. The van der Waals surface area contributed by atoms with Crippen molar-refractivity contribution in [3.63, 3.8) is 0 Å². The minimum Gasteiger partial charge on any atom is -0.330 e. The first-order chi connectivity index (χ1) is 8.17. The van der Waals surface area contributed by atoms with Gasteiger partial charge >= 0.3 is 0 Å². The first-order valence-electron chi connectivity index (χ1n) is 5.91. The fourth-order valence-corrected chi connectivity index (χ4v) is 1.74. The summed E-state index contributed by atoms with van der Waals surface area (Å²) in [5.74, 6) is -0.425. The van der Waals surface area contributed by atoms with E-state index < -0.39 is 5.82 Å². The maximum Gasteiger partial charge on any atom is 0.224 e. The van der Waals surface area contributed by atoms with E-state index >= 15 is 0 Å². The number of halogens is 1. The molecule has 0 spiro atoms. The Morgan fingerprint density at radius 2 is 2.18 bits per heavy atom. The Hall–Kier alpha value is -1.42. The molecule has 3 nitrogen and oxygen atoms in total. The van der Waals surface area contributed by atoms with Crippen molar-refractivity contribution in [3.05, 3.63) is 30.1 Å². The molecule has 0 radical (unpaired) electrons. The summed E-state index contributed by atoms with van der Waals surface area (Å²) >= 11 is 0. The van der Waals surface area contributed by atoms with Crippen LogP contribution in [0.25, 0.3) is 0 Å². The second-order valence-corrected chi connectivity index (χ2v) is 4.12. The smallest absolute Gasteiger partial charge is 0.224 e. The van der Waals surface area contributed by atoms with Gasteiger partial charge in [-0.2, -0.15) is 0 Å². The Labute approximate surface area is 101 Å². The number of benzene rings is 1. The number of anilines is 1. The fourth-order valence-electron chi connectivity index (χ4n) is 1.74. The highest BCUT2D eigenvalue weighted by Crippen LogP contribution is 2.15. The summed E-state index contributed by atoms with van der Waals surface area (Å²) < 4.78 is 13.3. The molecule has 1 unspecified atom stereocenters. The van der Waals surface area contributed by atoms with Crippen molar-refractivity contribution in [1.82, 2.24) is 0 Å². The van der Waals surface area contributed by atoms with E-state index in [4.69, 9.17) is 5.73 Å². The predicted octanol–water partition coefficient (Wildman–Crippen LogP) is 2.53. The Morgan fingerprint density at radius 3 is 2.76 bits per heavy atom. The van der Waals surface area contributed by atoms with E-state index in [1.807, 2.05) is 0 Å². The molecule has 0 aliphatic rings. The van der Waals surface area contributed by atoms with Crippen LogP contribution in [-0.4, -0.2) is 12.5 Å². The summed E-state index contributed by atoms with van der Waals surface area (Å²) in [5, 5.41) is 2.56. The molecule has 4 heteroatoms. The summed E-state index contributed by atoms with van der Waals surface area (Å²) in [7, 11) is 0. The van der Waals surface area contributed by atoms with Gasteiger partial charge in [0.1, 0.15) is 5.82 Å². The first kappa shape index (κ1) is 13.6. The summed E-state index contributed by atoms with van der Waals surface area (Å²) in [4.78, 5) is 11.7. The number of hydrogen-bond donors (Lipinski definition) is 2. The molecular formula is C13H19FN2O. The molecule has 0 aliphatic carbocycles. The zero-order chi connectivity index (χ0) is 12.7. The molecule has 1 atom stereocenters. The topological polar surface area (TPSA) is 55.1 Å². The van der Waals surface area contributed by atoms with Crippen molar-refractivity contribution >= 4 is 11.6 Å². The van der Waals surface area contributed by atoms with E-state index in [1.165, 1.54) is 6.07 Å². The van der Waals surface area contributed by atoms with Gasteiger partial charge in [0, 0.05) is 6.42 Å². The van der Waals surface area contributed by atoms with E-state index in [0.29, 0.717) is 13.0 Å². The van der Waals surface area contributed by atoms with Gasteiger partial charge in [-0.05, 0) is 31.0 Å². The molecule has 3 N–H and O–H groups in total. The normalized spacial score (nSPS) is 12.2. The van der Waals surface area contributed by atoms with Crippen molar-refractivity contribution < 1.29 is 9.18 Å². The lowest BCUT2D eigenvalue weighted by molar-refractivity contribution is -0.117. The molecule has 1 rings (SSSR count). The van der Waals surface area contributed by atoms with Crippen LogP contribution >= 0.6 is 0 Å². The average Bonchev–Trinajstić information content (AvgIpc) is 2.31. The minimum absolute atomic E-state index is 0.173. The lowest BCUT2D eigenvalue weighted by atomic mass is 10.00. The van der Waals surface area contributed by atoms with Crippen LogP contribution in [0.3, 0.4) is 0 Å². The van der Waals surface area contributed by atoms with Gasteiger partial charge in [-0.3, -0.25) is 4.79 Å². The van der Waals surface area contributed by atoms with Gasteiger partial charge in [0.2, 0.25) is 5.91 Å². The Balaban J connectivity index is 2.52. The van der Waals surface area contributed by atoms with Crippen LogP contribution in [0.4, 0.5) is 10.1 Å². The molecular weight excluding hydrogens is 219 g/mol. The Morgan fingerprint density at radius 1 is 1.47 bits per heavy atom. The van der Waals surface area contributed by atoms with Gasteiger partial charge < -0.3 is 11.1 Å². The lowest BCUT2D eigenvalue weighted by Gasteiger charge is -2.13. The molecule has 0 saturated carbocycles. The summed E-state index contributed by atoms with van der Waals surface area (Å²) in [6.45, 7) is 2.54. The van der Waals surface area contributed by atoms with Crippen LogP contribution in [0.2, 0.25) is 0 Å². The molecule has 0 aliphatic heterocycles. The van der Waals surface area contributed by atoms with Gasteiger partial charge in [-0.1, -0.05) is 25.5 Å². The largest absolute Gasteiger partial charge is 0.330 e. The van der Waals surface area contributed by atoms with Crippen molar-refractivity contribution in [3.8, 4) is 0 Å². The van der Waals surface area contributed by atoms with Crippen molar-refractivity contribution in [2.45, 2.75) is 26.2 Å². The average molecular weight is 238 g/mol. The van der Waals surface area contributed by atoms with E-state index in [0.717, 1.165) is 12.8 Å². The van der Waals surface area contributed by atoms with Crippen LogP contribution < -0.4 is 11.1 Å². The number of nitrogens with two attached hydrogens (primary N) is 1. The van der Waals surface area contributed by atoms with Gasteiger partial charge in [-0.15, -0.1) is 0 Å².